The van der Waals surface area contributed by atoms with E-state index >= 15 is 0 Å². The third-order valence-electron chi connectivity index (χ3n) is 8.96. The topological polar surface area (TPSA) is 43.4 Å². The summed E-state index contributed by atoms with van der Waals surface area (Å²) >= 11 is 0. The number of carbonyl (C=O) groups is 2. The Morgan fingerprint density at radius 2 is 1.82 bits per heavy atom. The summed E-state index contributed by atoms with van der Waals surface area (Å²) < 4.78 is 5.82. The lowest BCUT2D eigenvalue weighted by Crippen LogP contribution is -2.52. The first-order valence-corrected chi connectivity index (χ1v) is 11.4. The molecular formula is C25H38O3. The lowest BCUT2D eigenvalue weighted by atomic mass is 9.46. The highest BCUT2D eigenvalue weighted by Gasteiger charge is 2.61. The van der Waals surface area contributed by atoms with Crippen LogP contribution in [0.25, 0.3) is 0 Å². The average Bonchev–Trinajstić information content (AvgIpc) is 2.92. The molecule has 0 unspecified atom stereocenters. The van der Waals surface area contributed by atoms with Gasteiger partial charge in [-0.05, 0) is 100 Å². The summed E-state index contributed by atoms with van der Waals surface area (Å²) in [6.07, 6.45) is 9.71. The molecule has 0 heterocycles. The first-order chi connectivity index (χ1) is 13.0. The van der Waals surface area contributed by atoms with Gasteiger partial charge in [-0.25, -0.2) is 0 Å². The molecule has 0 aliphatic heterocycles. The number of esters is 1. The molecule has 3 heteroatoms. The van der Waals surface area contributed by atoms with Gasteiger partial charge in [-0.3, -0.25) is 9.59 Å². The van der Waals surface area contributed by atoms with E-state index in [4.69, 9.17) is 4.74 Å². The zero-order valence-corrected chi connectivity index (χ0v) is 18.6. The molecule has 4 aliphatic rings. The minimum atomic E-state index is -0.411. The van der Waals surface area contributed by atoms with Gasteiger partial charge in [0.25, 0.3) is 0 Å². The highest BCUT2D eigenvalue weighted by atomic mass is 16.6. The third kappa shape index (κ3) is 2.99. The van der Waals surface area contributed by atoms with Crippen LogP contribution < -0.4 is 0 Å². The predicted octanol–water partition coefficient (Wildman–Crippen LogP) is 5.72. The SMILES string of the molecule is C[C@@H]1C[C@@]2(C)C(=CC1=O)CC[C@H]1[C@@H]3CC[C@H](C(=O)OC(C)(C)C)[C@@]3(C)CC[C@@H]12. The molecule has 0 radical (unpaired) electrons. The zero-order valence-electron chi connectivity index (χ0n) is 18.6. The zero-order chi connectivity index (χ0) is 20.5. The van der Waals surface area contributed by atoms with E-state index in [2.05, 4.69) is 20.8 Å². The quantitative estimate of drug-likeness (QED) is 0.541. The number of rotatable bonds is 1. The Bertz CT molecular complexity index is 714. The Morgan fingerprint density at radius 3 is 2.50 bits per heavy atom. The van der Waals surface area contributed by atoms with Crippen LogP contribution in [0, 0.1) is 40.4 Å². The minimum absolute atomic E-state index is 0.0236. The van der Waals surface area contributed by atoms with E-state index in [1.807, 2.05) is 26.8 Å². The summed E-state index contributed by atoms with van der Waals surface area (Å²) in [6.45, 7) is 12.8. The molecule has 0 spiro atoms. The number of allylic oxidation sites excluding steroid dienone is 1. The van der Waals surface area contributed by atoms with E-state index in [0.29, 0.717) is 23.5 Å². The van der Waals surface area contributed by atoms with E-state index in [1.54, 1.807) is 0 Å². The maximum absolute atomic E-state index is 13.0. The Morgan fingerprint density at radius 1 is 1.11 bits per heavy atom. The van der Waals surface area contributed by atoms with Crippen molar-refractivity contribution in [1.29, 1.82) is 0 Å². The van der Waals surface area contributed by atoms with Gasteiger partial charge in [0.15, 0.2) is 5.78 Å². The molecule has 0 saturated heterocycles. The van der Waals surface area contributed by atoms with Crippen LogP contribution in [0.15, 0.2) is 11.6 Å². The lowest BCUT2D eigenvalue weighted by Gasteiger charge is -2.58. The van der Waals surface area contributed by atoms with Crippen molar-refractivity contribution in [3.63, 3.8) is 0 Å². The Labute approximate surface area is 170 Å². The van der Waals surface area contributed by atoms with Crippen molar-refractivity contribution in [1.82, 2.24) is 0 Å². The van der Waals surface area contributed by atoms with Gasteiger partial charge in [0.05, 0.1) is 5.92 Å². The average molecular weight is 387 g/mol. The van der Waals surface area contributed by atoms with Gasteiger partial charge in [0, 0.05) is 5.92 Å². The molecule has 0 aromatic heterocycles. The molecule has 3 saturated carbocycles. The summed E-state index contributed by atoms with van der Waals surface area (Å²) in [4.78, 5) is 25.3. The monoisotopic (exact) mass is 386 g/mol. The smallest absolute Gasteiger partial charge is 0.310 e. The first kappa shape index (κ1) is 20.2. The largest absolute Gasteiger partial charge is 0.460 e. The minimum Gasteiger partial charge on any atom is -0.460 e. The number of ketones is 1. The van der Waals surface area contributed by atoms with E-state index in [9.17, 15) is 9.59 Å². The molecule has 4 aliphatic carbocycles. The van der Waals surface area contributed by atoms with Gasteiger partial charge < -0.3 is 4.74 Å². The fourth-order valence-electron chi connectivity index (χ4n) is 7.66. The van der Waals surface area contributed by atoms with Crippen molar-refractivity contribution in [3.8, 4) is 0 Å². The van der Waals surface area contributed by atoms with E-state index in [-0.39, 0.29) is 28.6 Å². The molecular weight excluding hydrogens is 348 g/mol. The van der Waals surface area contributed by atoms with Crippen LogP contribution in [0.5, 0.6) is 0 Å². The summed E-state index contributed by atoms with van der Waals surface area (Å²) in [5.41, 5.74) is 1.27. The van der Waals surface area contributed by atoms with Crippen LogP contribution in [-0.4, -0.2) is 17.4 Å². The van der Waals surface area contributed by atoms with Crippen molar-refractivity contribution >= 4 is 11.8 Å². The van der Waals surface area contributed by atoms with Gasteiger partial charge in [-0.15, -0.1) is 0 Å². The number of hydrogen-bond acceptors (Lipinski definition) is 3. The molecule has 0 N–H and O–H groups in total. The fraction of sp³-hybridized carbons (Fsp3) is 0.840. The normalized spacial score (nSPS) is 45.6. The van der Waals surface area contributed by atoms with Gasteiger partial charge >= 0.3 is 5.97 Å². The molecule has 28 heavy (non-hydrogen) atoms. The van der Waals surface area contributed by atoms with Crippen LogP contribution in [0.2, 0.25) is 0 Å². The standard InChI is InChI=1S/C25H38O3/c1-15-14-25(6)16(13-21(15)26)7-8-17-18-9-10-20(22(27)28-23(2,3)4)24(18,5)12-11-19(17)25/h13,15,17-20H,7-12,14H2,1-6H3/t15-,17+,18+,19+,20-,24+,25+/m1/s1. The highest BCUT2D eigenvalue weighted by molar-refractivity contribution is 5.93. The van der Waals surface area contributed by atoms with Crippen LogP contribution >= 0.6 is 0 Å². The summed E-state index contributed by atoms with van der Waals surface area (Å²) in [7, 11) is 0. The predicted molar refractivity (Wildman–Crippen MR) is 111 cm³/mol. The molecule has 3 nitrogen and oxygen atoms in total. The summed E-state index contributed by atoms with van der Waals surface area (Å²) in [6, 6.07) is 0. The van der Waals surface area contributed by atoms with E-state index < -0.39 is 5.60 Å². The number of hydrogen-bond donors (Lipinski definition) is 0. The molecule has 0 bridgehead atoms. The van der Waals surface area contributed by atoms with Gasteiger partial charge in [-0.2, -0.15) is 0 Å². The Kier molecular flexibility index (Phi) is 4.64. The summed E-state index contributed by atoms with van der Waals surface area (Å²) in [5, 5.41) is 0. The van der Waals surface area contributed by atoms with Crippen molar-refractivity contribution in [2.45, 2.75) is 92.1 Å². The molecule has 0 aromatic carbocycles. The maximum atomic E-state index is 13.0. The Hall–Kier alpha value is -1.12. The molecule has 7 atom stereocenters. The third-order valence-corrected chi connectivity index (χ3v) is 8.96. The number of fused-ring (bicyclic) bond motifs is 5. The second kappa shape index (κ2) is 6.44. The highest BCUT2D eigenvalue weighted by Crippen LogP contribution is 2.67. The van der Waals surface area contributed by atoms with E-state index in [0.717, 1.165) is 32.1 Å². The fourth-order valence-corrected chi connectivity index (χ4v) is 7.66. The molecule has 156 valence electrons. The molecule has 3 fully saturated rings. The lowest BCUT2D eigenvalue weighted by molar-refractivity contribution is -0.167. The summed E-state index contributed by atoms with van der Waals surface area (Å²) in [5.74, 6) is 2.53. The van der Waals surface area contributed by atoms with Crippen LogP contribution in [0.3, 0.4) is 0 Å². The van der Waals surface area contributed by atoms with E-state index in [1.165, 1.54) is 18.4 Å². The van der Waals surface area contributed by atoms with Crippen LogP contribution in [0.1, 0.15) is 86.5 Å². The van der Waals surface area contributed by atoms with Gasteiger partial charge in [0.1, 0.15) is 5.60 Å². The number of carbonyl (C=O) groups excluding carboxylic acids is 2. The van der Waals surface area contributed by atoms with Crippen molar-refractivity contribution < 1.29 is 14.3 Å². The first-order valence-electron chi connectivity index (χ1n) is 11.4. The second-order valence-electron chi connectivity index (χ2n) is 11.7. The molecule has 0 amide bonds. The molecule has 4 rings (SSSR count). The van der Waals surface area contributed by atoms with Gasteiger partial charge in [0.2, 0.25) is 0 Å². The van der Waals surface area contributed by atoms with Crippen LogP contribution in [0.4, 0.5) is 0 Å². The second-order valence-corrected chi connectivity index (χ2v) is 11.7. The number of ether oxygens (including phenoxy) is 1. The van der Waals surface area contributed by atoms with Crippen molar-refractivity contribution in [2.24, 2.45) is 40.4 Å². The van der Waals surface area contributed by atoms with Crippen LogP contribution in [-0.2, 0) is 14.3 Å². The van der Waals surface area contributed by atoms with Crippen molar-refractivity contribution in [2.75, 3.05) is 0 Å². The molecule has 0 aromatic rings. The van der Waals surface area contributed by atoms with Crippen molar-refractivity contribution in [3.05, 3.63) is 11.6 Å². The maximum Gasteiger partial charge on any atom is 0.310 e. The Balaban J connectivity index is 1.59. The van der Waals surface area contributed by atoms with Gasteiger partial charge in [-0.1, -0.05) is 26.3 Å².